The van der Waals surface area contributed by atoms with Gasteiger partial charge in [0, 0.05) is 13.1 Å². The molecule has 0 saturated carbocycles. The minimum Gasteiger partial charge on any atom is -0.480 e. The Balaban J connectivity index is 2.99. The molecule has 0 heterocycles. The summed E-state index contributed by atoms with van der Waals surface area (Å²) < 4.78 is 5.09. The quantitative estimate of drug-likeness (QED) is 0.327. The van der Waals surface area contributed by atoms with E-state index in [9.17, 15) is 9.59 Å². The molecule has 15 heavy (non-hydrogen) atoms. The third kappa shape index (κ3) is 12.8. The maximum absolute atomic E-state index is 10.1. The molecule has 7 nitrogen and oxygen atoms in total. The lowest BCUT2D eigenvalue weighted by atomic mass is 10.6. The van der Waals surface area contributed by atoms with Crippen molar-refractivity contribution < 1.29 is 24.5 Å². The normalized spacial score (nSPS) is 10.1. The number of carbonyl (C=O) groups is 2. The summed E-state index contributed by atoms with van der Waals surface area (Å²) >= 11 is 0. The van der Waals surface area contributed by atoms with Crippen LogP contribution in [0.3, 0.4) is 0 Å². The number of carboxylic acids is 2. The molecule has 0 aromatic rings. The maximum Gasteiger partial charge on any atom is 0.317 e. The molecule has 7 heteroatoms. The average Bonchev–Trinajstić information content (AvgIpc) is 2.14. The fourth-order valence-corrected chi connectivity index (χ4v) is 0.781. The first-order valence-electron chi connectivity index (χ1n) is 4.55. The van der Waals surface area contributed by atoms with Crippen molar-refractivity contribution in [3.63, 3.8) is 0 Å². The molecule has 0 spiro atoms. The third-order valence-corrected chi connectivity index (χ3v) is 1.40. The van der Waals surface area contributed by atoms with Gasteiger partial charge in [-0.2, -0.15) is 0 Å². The van der Waals surface area contributed by atoms with E-state index in [4.69, 9.17) is 14.9 Å². The van der Waals surface area contributed by atoms with Crippen molar-refractivity contribution in [2.45, 2.75) is 0 Å². The summed E-state index contributed by atoms with van der Waals surface area (Å²) in [7, 11) is 0. The van der Waals surface area contributed by atoms with Crippen molar-refractivity contribution in [1.29, 1.82) is 0 Å². The summed E-state index contributed by atoms with van der Waals surface area (Å²) in [5.74, 6) is -1.81. The van der Waals surface area contributed by atoms with Crippen LogP contribution in [0.2, 0.25) is 0 Å². The summed E-state index contributed by atoms with van der Waals surface area (Å²) in [6.07, 6.45) is 0. The Morgan fingerprint density at radius 2 is 1.33 bits per heavy atom. The summed E-state index contributed by atoms with van der Waals surface area (Å²) in [6.45, 7) is 1.57. The van der Waals surface area contributed by atoms with Gasteiger partial charge in [0.1, 0.15) is 0 Å². The van der Waals surface area contributed by atoms with Crippen LogP contribution in [-0.4, -0.2) is 61.5 Å². The van der Waals surface area contributed by atoms with E-state index in [2.05, 4.69) is 10.6 Å². The number of hydrogen-bond acceptors (Lipinski definition) is 5. The fourth-order valence-electron chi connectivity index (χ4n) is 0.781. The zero-order valence-corrected chi connectivity index (χ0v) is 8.36. The molecule has 0 fully saturated rings. The van der Waals surface area contributed by atoms with Gasteiger partial charge in [0.25, 0.3) is 0 Å². The van der Waals surface area contributed by atoms with Gasteiger partial charge in [-0.05, 0) is 0 Å². The van der Waals surface area contributed by atoms with Gasteiger partial charge in [0.05, 0.1) is 26.3 Å². The van der Waals surface area contributed by atoms with Gasteiger partial charge in [-0.3, -0.25) is 9.59 Å². The molecule has 0 aromatic carbocycles. The topological polar surface area (TPSA) is 108 Å². The molecule has 0 aromatic heterocycles. The molecule has 0 radical (unpaired) electrons. The number of nitrogens with one attached hydrogen (secondary N) is 2. The second-order valence-electron chi connectivity index (χ2n) is 2.75. The number of aliphatic carboxylic acids is 2. The molecular formula is C8H16N2O5. The molecule has 0 aliphatic carbocycles. The molecule has 0 atom stereocenters. The zero-order valence-electron chi connectivity index (χ0n) is 8.36. The van der Waals surface area contributed by atoms with E-state index in [0.717, 1.165) is 0 Å². The highest BCUT2D eigenvalue weighted by molar-refractivity contribution is 5.69. The van der Waals surface area contributed by atoms with Crippen molar-refractivity contribution in [3.8, 4) is 0 Å². The van der Waals surface area contributed by atoms with Crippen LogP contribution in [0.4, 0.5) is 0 Å². The first-order chi connectivity index (χ1) is 7.13. The predicted molar refractivity (Wildman–Crippen MR) is 51.8 cm³/mol. The lowest BCUT2D eigenvalue weighted by Gasteiger charge is -2.04. The van der Waals surface area contributed by atoms with Crippen molar-refractivity contribution in [1.82, 2.24) is 10.6 Å². The summed E-state index contributed by atoms with van der Waals surface area (Å²) in [5, 5.41) is 21.8. The summed E-state index contributed by atoms with van der Waals surface area (Å²) in [6, 6.07) is 0. The molecule has 88 valence electrons. The number of hydrogen-bond donors (Lipinski definition) is 4. The standard InChI is InChI=1S/C8H16N2O5/c11-7(12)5-9-1-3-15-4-2-10-6-8(13)14/h9-10H,1-6H2,(H,11,12)(H,13,14). The Kier molecular flexibility index (Phi) is 8.64. The first kappa shape index (κ1) is 13.8. The fraction of sp³-hybridized carbons (Fsp3) is 0.750. The van der Waals surface area contributed by atoms with Gasteiger partial charge in [0.15, 0.2) is 0 Å². The summed E-state index contributed by atoms with van der Waals surface area (Å²) in [4.78, 5) is 20.1. The molecule has 4 N–H and O–H groups in total. The van der Waals surface area contributed by atoms with Gasteiger partial charge in [-0.25, -0.2) is 0 Å². The molecular weight excluding hydrogens is 204 g/mol. The SMILES string of the molecule is O=C(O)CNCCOCCNCC(=O)O. The van der Waals surface area contributed by atoms with Crippen LogP contribution >= 0.6 is 0 Å². The van der Waals surface area contributed by atoms with Crippen LogP contribution in [-0.2, 0) is 14.3 Å². The van der Waals surface area contributed by atoms with E-state index in [-0.39, 0.29) is 13.1 Å². The van der Waals surface area contributed by atoms with E-state index in [1.165, 1.54) is 0 Å². The van der Waals surface area contributed by atoms with Crippen molar-refractivity contribution in [3.05, 3.63) is 0 Å². The molecule has 0 rings (SSSR count). The van der Waals surface area contributed by atoms with Gasteiger partial charge < -0.3 is 25.6 Å². The van der Waals surface area contributed by atoms with E-state index in [1.54, 1.807) is 0 Å². The van der Waals surface area contributed by atoms with E-state index in [0.29, 0.717) is 26.3 Å². The minimum atomic E-state index is -0.905. The van der Waals surface area contributed by atoms with Crippen molar-refractivity contribution in [2.24, 2.45) is 0 Å². The maximum atomic E-state index is 10.1. The van der Waals surface area contributed by atoms with Crippen LogP contribution in [0.25, 0.3) is 0 Å². The van der Waals surface area contributed by atoms with Gasteiger partial charge >= 0.3 is 11.9 Å². The Hall–Kier alpha value is -1.18. The number of carboxylic acid groups (broad SMARTS) is 2. The second-order valence-corrected chi connectivity index (χ2v) is 2.75. The number of rotatable bonds is 10. The molecule has 0 unspecified atom stereocenters. The Morgan fingerprint density at radius 3 is 1.67 bits per heavy atom. The van der Waals surface area contributed by atoms with Crippen LogP contribution in [0.5, 0.6) is 0 Å². The largest absolute Gasteiger partial charge is 0.480 e. The van der Waals surface area contributed by atoms with Crippen molar-refractivity contribution >= 4 is 11.9 Å². The molecule has 0 saturated heterocycles. The van der Waals surface area contributed by atoms with Crippen LogP contribution in [0.15, 0.2) is 0 Å². The van der Waals surface area contributed by atoms with Crippen LogP contribution in [0, 0.1) is 0 Å². The second kappa shape index (κ2) is 9.38. The molecule has 0 amide bonds. The highest BCUT2D eigenvalue weighted by Crippen LogP contribution is 1.72. The van der Waals surface area contributed by atoms with Crippen LogP contribution in [0.1, 0.15) is 0 Å². The Morgan fingerprint density at radius 1 is 0.933 bits per heavy atom. The zero-order chi connectivity index (χ0) is 11.5. The Bertz CT molecular complexity index is 177. The lowest BCUT2D eigenvalue weighted by Crippen LogP contribution is -2.29. The lowest BCUT2D eigenvalue weighted by molar-refractivity contribution is -0.136. The first-order valence-corrected chi connectivity index (χ1v) is 4.55. The monoisotopic (exact) mass is 220 g/mol. The van der Waals surface area contributed by atoms with Gasteiger partial charge in [0.2, 0.25) is 0 Å². The highest BCUT2D eigenvalue weighted by Gasteiger charge is 1.95. The molecule has 0 aliphatic rings. The van der Waals surface area contributed by atoms with Crippen LogP contribution < -0.4 is 10.6 Å². The van der Waals surface area contributed by atoms with Gasteiger partial charge in [-0.1, -0.05) is 0 Å². The Labute approximate surface area is 87.4 Å². The predicted octanol–water partition coefficient (Wildman–Crippen LogP) is -1.65. The average molecular weight is 220 g/mol. The van der Waals surface area contributed by atoms with Gasteiger partial charge in [-0.15, -0.1) is 0 Å². The van der Waals surface area contributed by atoms with Crippen molar-refractivity contribution in [2.75, 3.05) is 39.4 Å². The number of ether oxygens (including phenoxy) is 1. The molecule has 0 bridgehead atoms. The van der Waals surface area contributed by atoms with E-state index in [1.807, 2.05) is 0 Å². The molecule has 0 aliphatic heterocycles. The summed E-state index contributed by atoms with van der Waals surface area (Å²) in [5.41, 5.74) is 0. The minimum absolute atomic E-state index is 0.0827. The third-order valence-electron chi connectivity index (χ3n) is 1.40. The highest BCUT2D eigenvalue weighted by atomic mass is 16.5. The van der Waals surface area contributed by atoms with E-state index >= 15 is 0 Å². The smallest absolute Gasteiger partial charge is 0.317 e. The van der Waals surface area contributed by atoms with E-state index < -0.39 is 11.9 Å².